The minimum Gasteiger partial charge on any atom is -0.478 e. The van der Waals surface area contributed by atoms with Crippen molar-refractivity contribution >= 4 is 11.9 Å². The van der Waals surface area contributed by atoms with Crippen LogP contribution in [0, 0.1) is 0 Å². The summed E-state index contributed by atoms with van der Waals surface area (Å²) in [4.78, 5) is 33.7. The van der Waals surface area contributed by atoms with Gasteiger partial charge >= 0.3 is 11.9 Å². The summed E-state index contributed by atoms with van der Waals surface area (Å²) in [6, 6.07) is 12.4. The molecule has 0 bridgehead atoms. The van der Waals surface area contributed by atoms with Gasteiger partial charge in [-0.3, -0.25) is 9.78 Å². The van der Waals surface area contributed by atoms with Gasteiger partial charge in [0.2, 0.25) is 0 Å². The second-order valence-electron chi connectivity index (χ2n) is 5.97. The van der Waals surface area contributed by atoms with Crippen molar-refractivity contribution in [1.82, 2.24) is 0 Å². The van der Waals surface area contributed by atoms with Crippen LogP contribution in [0.15, 0.2) is 48.5 Å². The fraction of sp³-hybridized carbons (Fsp3) is 0.222. The normalized spacial score (nSPS) is 10.8. The van der Waals surface area contributed by atoms with E-state index in [1.54, 1.807) is 45.0 Å². The molecule has 6 nitrogen and oxygen atoms in total. The quantitative estimate of drug-likeness (QED) is 0.511. The largest absolute Gasteiger partial charge is 0.478 e. The van der Waals surface area contributed by atoms with Crippen molar-refractivity contribution in [2.45, 2.75) is 26.4 Å². The van der Waals surface area contributed by atoms with Crippen LogP contribution in [0.1, 0.15) is 41.5 Å². The summed E-state index contributed by atoms with van der Waals surface area (Å²) in [6.45, 7) is 5.27. The van der Waals surface area contributed by atoms with E-state index in [1.165, 1.54) is 24.3 Å². The number of hydrogen-bond acceptors (Lipinski definition) is 5. The van der Waals surface area contributed by atoms with Gasteiger partial charge in [0.25, 0.3) is 0 Å². The number of esters is 1. The lowest BCUT2D eigenvalue weighted by Gasteiger charge is -2.20. The topological polar surface area (TPSA) is 82.1 Å². The minimum atomic E-state index is -1.14. The van der Waals surface area contributed by atoms with Gasteiger partial charge in [0.15, 0.2) is 11.5 Å². The molecular formula is C18H18O6. The van der Waals surface area contributed by atoms with E-state index >= 15 is 0 Å². The molecule has 0 aliphatic heterocycles. The Morgan fingerprint density at radius 1 is 0.833 bits per heavy atom. The highest BCUT2D eigenvalue weighted by Gasteiger charge is 2.22. The van der Waals surface area contributed by atoms with E-state index in [1.807, 2.05) is 0 Å². The molecule has 2 rings (SSSR count). The van der Waals surface area contributed by atoms with Gasteiger partial charge < -0.3 is 9.84 Å². The van der Waals surface area contributed by atoms with Crippen LogP contribution >= 0.6 is 0 Å². The molecule has 2 aromatic rings. The Bertz CT molecular complexity index is 745. The number of ether oxygens (including phenoxy) is 1. The van der Waals surface area contributed by atoms with E-state index in [0.717, 1.165) is 0 Å². The Kier molecular flexibility index (Phi) is 5.08. The van der Waals surface area contributed by atoms with Gasteiger partial charge in [-0.25, -0.2) is 9.59 Å². The van der Waals surface area contributed by atoms with Crippen LogP contribution < -0.4 is 9.78 Å². The first kappa shape index (κ1) is 17.3. The molecule has 0 unspecified atom stereocenters. The Balaban J connectivity index is 2.20. The molecule has 0 heterocycles. The van der Waals surface area contributed by atoms with Gasteiger partial charge in [-0.1, -0.05) is 24.3 Å². The van der Waals surface area contributed by atoms with Crippen LogP contribution in [-0.2, 0) is 4.74 Å². The number of carbonyl (C=O) groups is 2. The molecule has 0 atom stereocenters. The standard InChI is InChI=1S/C18H18O6/c1-18(2,3)22-17(21)13-9-5-7-11-15(13)24-23-14-10-6-4-8-12(14)16(19)20/h4-11H,1-3H3,(H,19,20). The van der Waals surface area contributed by atoms with E-state index in [9.17, 15) is 9.59 Å². The van der Waals surface area contributed by atoms with E-state index < -0.39 is 17.5 Å². The number of rotatable bonds is 5. The molecule has 0 spiro atoms. The molecule has 0 amide bonds. The van der Waals surface area contributed by atoms with Gasteiger partial charge in [-0.15, -0.1) is 0 Å². The summed E-state index contributed by atoms with van der Waals surface area (Å²) in [6.07, 6.45) is 0. The summed E-state index contributed by atoms with van der Waals surface area (Å²) in [5.74, 6) is -1.54. The molecule has 126 valence electrons. The zero-order valence-electron chi connectivity index (χ0n) is 13.6. The lowest BCUT2D eigenvalue weighted by atomic mass is 10.1. The molecule has 0 saturated heterocycles. The van der Waals surface area contributed by atoms with Crippen molar-refractivity contribution in [1.29, 1.82) is 0 Å². The van der Waals surface area contributed by atoms with Gasteiger partial charge in [0.05, 0.1) is 0 Å². The number of aromatic carboxylic acids is 1. The average molecular weight is 330 g/mol. The molecule has 0 aliphatic rings. The number of carboxylic acid groups (broad SMARTS) is 1. The number of carboxylic acids is 1. The summed E-state index contributed by atoms with van der Waals surface area (Å²) in [5, 5.41) is 9.12. The highest BCUT2D eigenvalue weighted by molar-refractivity contribution is 5.93. The Morgan fingerprint density at radius 2 is 1.29 bits per heavy atom. The molecule has 0 aromatic heterocycles. The van der Waals surface area contributed by atoms with Crippen molar-refractivity contribution in [3.63, 3.8) is 0 Å². The van der Waals surface area contributed by atoms with Crippen molar-refractivity contribution in [3.05, 3.63) is 59.7 Å². The van der Waals surface area contributed by atoms with Crippen molar-refractivity contribution < 1.29 is 29.2 Å². The first-order valence-corrected chi connectivity index (χ1v) is 7.27. The molecule has 0 radical (unpaired) electrons. The van der Waals surface area contributed by atoms with Crippen LogP contribution in [0.25, 0.3) is 0 Å². The summed E-state index contributed by atoms with van der Waals surface area (Å²) in [7, 11) is 0. The van der Waals surface area contributed by atoms with E-state index in [0.29, 0.717) is 0 Å². The second-order valence-corrected chi connectivity index (χ2v) is 5.97. The van der Waals surface area contributed by atoms with Crippen LogP contribution in [0.4, 0.5) is 0 Å². The predicted molar refractivity (Wildman–Crippen MR) is 86.3 cm³/mol. The molecule has 24 heavy (non-hydrogen) atoms. The van der Waals surface area contributed by atoms with Gasteiger partial charge in [-0.05, 0) is 45.0 Å². The highest BCUT2D eigenvalue weighted by atomic mass is 17.2. The lowest BCUT2D eigenvalue weighted by molar-refractivity contribution is -0.101. The van der Waals surface area contributed by atoms with Crippen LogP contribution in [0.2, 0.25) is 0 Å². The first-order chi connectivity index (χ1) is 11.3. The molecule has 0 fully saturated rings. The van der Waals surface area contributed by atoms with Crippen molar-refractivity contribution in [3.8, 4) is 11.5 Å². The Morgan fingerprint density at radius 3 is 1.79 bits per heavy atom. The van der Waals surface area contributed by atoms with Gasteiger partial charge in [0.1, 0.15) is 16.7 Å². The number of hydrogen-bond donors (Lipinski definition) is 1. The van der Waals surface area contributed by atoms with E-state index in [2.05, 4.69) is 0 Å². The molecule has 0 aliphatic carbocycles. The number of para-hydroxylation sites is 2. The van der Waals surface area contributed by atoms with Crippen molar-refractivity contribution in [2.24, 2.45) is 0 Å². The third-order valence-corrected chi connectivity index (χ3v) is 2.84. The molecule has 0 saturated carbocycles. The van der Waals surface area contributed by atoms with Gasteiger partial charge in [-0.2, -0.15) is 0 Å². The third kappa shape index (κ3) is 4.49. The maximum atomic E-state index is 12.2. The molecule has 1 N–H and O–H groups in total. The lowest BCUT2D eigenvalue weighted by Crippen LogP contribution is -2.24. The Labute approximate surface area is 139 Å². The smallest absolute Gasteiger partial charge is 0.342 e. The zero-order valence-corrected chi connectivity index (χ0v) is 13.6. The van der Waals surface area contributed by atoms with Crippen LogP contribution in [-0.4, -0.2) is 22.6 Å². The average Bonchev–Trinajstić information content (AvgIpc) is 2.51. The fourth-order valence-corrected chi connectivity index (χ4v) is 1.85. The number of benzene rings is 2. The number of carbonyl (C=O) groups excluding carboxylic acids is 1. The molecular weight excluding hydrogens is 312 g/mol. The first-order valence-electron chi connectivity index (χ1n) is 7.27. The minimum absolute atomic E-state index is 0.0315. The Hall–Kier alpha value is -3.02. The highest BCUT2D eigenvalue weighted by Crippen LogP contribution is 2.24. The van der Waals surface area contributed by atoms with Gasteiger partial charge in [0, 0.05) is 0 Å². The summed E-state index contributed by atoms with van der Waals surface area (Å²) in [5.41, 5.74) is -0.520. The van der Waals surface area contributed by atoms with Crippen molar-refractivity contribution in [2.75, 3.05) is 0 Å². The molecule has 6 heteroatoms. The predicted octanol–water partition coefficient (Wildman–Crippen LogP) is 3.71. The maximum absolute atomic E-state index is 12.2. The fourth-order valence-electron chi connectivity index (χ4n) is 1.85. The zero-order chi connectivity index (χ0) is 17.7. The summed E-state index contributed by atoms with van der Waals surface area (Å²) < 4.78 is 5.31. The van der Waals surface area contributed by atoms with Crippen LogP contribution in [0.3, 0.4) is 0 Å². The van der Waals surface area contributed by atoms with Crippen LogP contribution in [0.5, 0.6) is 11.5 Å². The summed E-state index contributed by atoms with van der Waals surface area (Å²) >= 11 is 0. The van der Waals surface area contributed by atoms with E-state index in [-0.39, 0.29) is 22.6 Å². The second kappa shape index (κ2) is 7.04. The SMILES string of the molecule is CC(C)(C)OC(=O)c1ccccc1OOc1ccccc1C(=O)O. The van der Waals surface area contributed by atoms with E-state index in [4.69, 9.17) is 19.6 Å². The maximum Gasteiger partial charge on any atom is 0.342 e. The molecule has 2 aromatic carbocycles. The third-order valence-electron chi connectivity index (χ3n) is 2.84. The monoisotopic (exact) mass is 330 g/mol.